The summed E-state index contributed by atoms with van der Waals surface area (Å²) >= 11 is 0. The lowest BCUT2D eigenvalue weighted by atomic mass is 35.5. The van der Waals surface area contributed by atoms with Crippen LogP contribution in [0.1, 0.15) is 0 Å². The van der Waals surface area contributed by atoms with Crippen LogP contribution >= 0.6 is 80.3 Å². The molecule has 0 aromatic heterocycles. The van der Waals surface area contributed by atoms with E-state index in [9.17, 15) is 0 Å². The maximum Gasteiger partial charge on any atom is -0.114 e. The normalized spacial score (nSPS) is 0. The molecule has 0 rings (SSSR count). The Morgan fingerprint density at radius 1 is 0.400 bits per heavy atom. The van der Waals surface area contributed by atoms with Crippen LogP contribution in [0.5, 0.6) is 0 Å². The molecule has 0 radical (unpaired) electrons. The van der Waals surface area contributed by atoms with Crippen LogP contribution in [0.25, 0.3) is 0 Å². The summed E-state index contributed by atoms with van der Waals surface area (Å²) in [6.07, 6.45) is 0. The minimum absolute atomic E-state index is 0. The van der Waals surface area contributed by atoms with Crippen molar-refractivity contribution in [2.24, 2.45) is 0 Å². The summed E-state index contributed by atoms with van der Waals surface area (Å²) in [5.74, 6) is 0. The van der Waals surface area contributed by atoms with E-state index in [2.05, 4.69) is 0 Å². The Labute approximate surface area is 79.6 Å². The number of rotatable bonds is 0. The molecule has 0 aliphatic rings. The van der Waals surface area contributed by atoms with E-state index in [-0.39, 0.29) is 80.3 Å². The summed E-state index contributed by atoms with van der Waals surface area (Å²) in [4.78, 5) is 0. The van der Waals surface area contributed by atoms with Gasteiger partial charge in [-0.3, -0.25) is 0 Å². The Morgan fingerprint density at radius 2 is 0.400 bits per heavy atom. The minimum Gasteiger partial charge on any atom is -0.147 e. The second-order valence-corrected chi connectivity index (χ2v) is 0. The summed E-state index contributed by atoms with van der Waals surface area (Å²) in [6, 6.07) is 0. The molecule has 0 amide bonds. The van der Waals surface area contributed by atoms with Crippen LogP contribution in [-0.2, 0) is 0 Å². The molecule has 0 heterocycles. The van der Waals surface area contributed by atoms with E-state index in [1.165, 1.54) is 0 Å². The highest BCUT2D eigenvalue weighted by atomic mass is 79.9. The Hall–Kier alpha value is 2.21. The summed E-state index contributed by atoms with van der Waals surface area (Å²) in [7, 11) is 0. The molecule has 0 aliphatic carbocycles. The molecule has 0 atom stereocenters. The van der Waals surface area contributed by atoms with Crippen LogP contribution in [0, 0.1) is 0 Å². The van der Waals surface area contributed by atoms with E-state index in [1.807, 2.05) is 0 Å². The molecular weight excluding hydrogens is 355 g/mol. The Balaban J connectivity index is 0. The fraction of sp³-hybridized carbons (Fsp3) is 0. The van der Waals surface area contributed by atoms with Gasteiger partial charge in [-0.1, -0.05) is 0 Å². The minimum atomic E-state index is 0. The van der Waals surface area contributed by atoms with E-state index in [1.54, 1.807) is 0 Å². The van der Waals surface area contributed by atoms with E-state index < -0.39 is 0 Å². The SMILES string of the molecule is Br.Br.Br.Br.Cl. The molecule has 0 unspecified atom stereocenters. The highest BCUT2D eigenvalue weighted by Crippen LogP contribution is 0.849. The summed E-state index contributed by atoms with van der Waals surface area (Å²) in [6.45, 7) is 0. The van der Waals surface area contributed by atoms with E-state index in [0.29, 0.717) is 0 Å². The lowest BCUT2D eigenvalue weighted by Gasteiger charge is -0.147. The first-order chi connectivity index (χ1) is 0. The average molecular weight is 360 g/mol. The Morgan fingerprint density at radius 3 is 0.400 bits per heavy atom. The van der Waals surface area contributed by atoms with E-state index >= 15 is 0 Å². The predicted octanol–water partition coefficient (Wildman–Crippen LogP) is 2.73. The number of hydrogen-bond donors (Lipinski definition) is 0. The lowest BCUT2D eigenvalue weighted by Crippen LogP contribution is 0.689. The largest absolute Gasteiger partial charge is 0.147 e. The Bertz CT molecular complexity index is 3.61. The zero-order chi connectivity index (χ0) is 0. The molecule has 0 aromatic carbocycles. The smallest absolute Gasteiger partial charge is 0.114 e. The number of halogens is 5. The van der Waals surface area contributed by atoms with Crippen molar-refractivity contribution >= 4 is 80.3 Å². The molecule has 0 N–H and O–H groups in total. The van der Waals surface area contributed by atoms with Crippen LogP contribution in [0.3, 0.4) is 0 Å². The van der Waals surface area contributed by atoms with Crippen molar-refractivity contribution in [3.63, 3.8) is 0 Å². The highest BCUT2D eigenvalue weighted by Gasteiger charge is -0.110. The van der Waals surface area contributed by atoms with Gasteiger partial charge < -0.3 is 0 Å². The molecule has 0 spiro atoms. The molecule has 5 heavy (non-hydrogen) atoms. The maximum absolute atomic E-state index is 0. The molecule has 5 heteroatoms. The third kappa shape index (κ3) is 22.5. The molecule has 0 bridgehead atoms. The highest BCUT2D eigenvalue weighted by molar-refractivity contribution is 8.93. The first kappa shape index (κ1) is 56.9. The van der Waals surface area contributed by atoms with Gasteiger partial charge in [0.05, 0.1) is 0 Å². The Kier molecular flexibility index (Phi) is 393. The van der Waals surface area contributed by atoms with Crippen LogP contribution in [-0.4, -0.2) is 0 Å². The standard InChI is InChI=1S/4BrH.ClH/h5*1H. The van der Waals surface area contributed by atoms with Gasteiger partial charge in [0.1, 0.15) is 0 Å². The van der Waals surface area contributed by atoms with Gasteiger partial charge in [0.25, 0.3) is 0 Å². The van der Waals surface area contributed by atoms with Crippen molar-refractivity contribution in [2.75, 3.05) is 0 Å². The second kappa shape index (κ2) is 34.5. The van der Waals surface area contributed by atoms with Gasteiger partial charge in [-0.25, -0.2) is 0 Å². The van der Waals surface area contributed by atoms with E-state index in [0.717, 1.165) is 0 Å². The van der Waals surface area contributed by atoms with Crippen molar-refractivity contribution in [2.45, 2.75) is 0 Å². The first-order valence-corrected chi connectivity index (χ1v) is 0. The third-order valence-electron chi connectivity index (χ3n) is 0. The first-order valence-electron chi connectivity index (χ1n) is 0. The van der Waals surface area contributed by atoms with Gasteiger partial charge in [-0.2, -0.15) is 0 Å². The molecule has 0 fully saturated rings. The van der Waals surface area contributed by atoms with Gasteiger partial charge in [0.15, 0.2) is 0 Å². The molecule has 0 aliphatic heterocycles. The predicted molar refractivity (Wildman–Crippen MR) is 48.5 cm³/mol. The molecule has 0 nitrogen and oxygen atoms in total. The van der Waals surface area contributed by atoms with Gasteiger partial charge >= 0.3 is 0 Å². The molecular formula is H5Br4Cl. The topological polar surface area (TPSA) is 0 Å². The molecule has 0 aromatic rings. The zero-order valence-electron chi connectivity index (χ0n) is 2.04. The second-order valence-electron chi connectivity index (χ2n) is 0. The number of hydrogen-bond acceptors (Lipinski definition) is 0. The maximum atomic E-state index is 0. The van der Waals surface area contributed by atoms with Crippen molar-refractivity contribution in [3.8, 4) is 0 Å². The van der Waals surface area contributed by atoms with Gasteiger partial charge in [-0.15, -0.1) is 80.3 Å². The van der Waals surface area contributed by atoms with Gasteiger partial charge in [0.2, 0.25) is 0 Å². The van der Waals surface area contributed by atoms with Gasteiger partial charge in [0, 0.05) is 0 Å². The quantitative estimate of drug-likeness (QED) is 0.623. The van der Waals surface area contributed by atoms with Crippen LogP contribution < -0.4 is 0 Å². The van der Waals surface area contributed by atoms with Crippen LogP contribution in [0.2, 0.25) is 0 Å². The summed E-state index contributed by atoms with van der Waals surface area (Å²) in [5.41, 5.74) is 0. The summed E-state index contributed by atoms with van der Waals surface area (Å²) in [5, 5.41) is 0. The lowest BCUT2D eigenvalue weighted by molar-refractivity contribution is 5.85. The fourth-order valence-corrected chi connectivity index (χ4v) is 0. The van der Waals surface area contributed by atoms with E-state index in [4.69, 9.17) is 0 Å². The fourth-order valence-electron chi connectivity index (χ4n) is 0. The molecule has 40 valence electrons. The van der Waals surface area contributed by atoms with Crippen molar-refractivity contribution in [1.82, 2.24) is 0 Å². The monoisotopic (exact) mass is 356 g/mol. The molecule has 0 saturated heterocycles. The van der Waals surface area contributed by atoms with Crippen LogP contribution in [0.15, 0.2) is 0 Å². The van der Waals surface area contributed by atoms with Gasteiger partial charge in [-0.05, 0) is 0 Å². The summed E-state index contributed by atoms with van der Waals surface area (Å²) < 4.78 is 0. The third-order valence-corrected chi connectivity index (χ3v) is 0. The van der Waals surface area contributed by atoms with Crippen molar-refractivity contribution in [3.05, 3.63) is 0 Å². The average Bonchev–Trinajstić information content (AvgIpc) is 0. The van der Waals surface area contributed by atoms with Crippen molar-refractivity contribution < 1.29 is 0 Å². The van der Waals surface area contributed by atoms with Crippen LogP contribution in [0.4, 0.5) is 0 Å². The zero-order valence-corrected chi connectivity index (χ0v) is 9.71. The van der Waals surface area contributed by atoms with Crippen molar-refractivity contribution in [1.29, 1.82) is 0 Å². The molecule has 0 saturated carbocycles.